The Balaban J connectivity index is 7.65. The second-order valence-electron chi connectivity index (χ2n) is 7.44. The van der Waals surface area contributed by atoms with Crippen molar-refractivity contribution >= 4 is 38.4 Å². The summed E-state index contributed by atoms with van der Waals surface area (Å²) in [5, 5.41) is 17.7. The van der Waals surface area contributed by atoms with Gasteiger partial charge in [-0.2, -0.15) is 0 Å². The van der Waals surface area contributed by atoms with Crippen LogP contribution in [0.4, 0.5) is 26.3 Å². The molecule has 0 aromatic carbocycles. The Morgan fingerprint density at radius 3 is 1.41 bits per heavy atom. The van der Waals surface area contributed by atoms with Crippen molar-refractivity contribution in [3.05, 3.63) is 0 Å². The number of sulfone groups is 2. The number of rotatable bonds is 13. The van der Waals surface area contributed by atoms with Gasteiger partial charge in [-0.3, -0.25) is 0 Å². The first-order chi connectivity index (χ1) is 14.3. The Morgan fingerprint density at radius 1 is 0.844 bits per heavy atom. The van der Waals surface area contributed by atoms with Gasteiger partial charge in [0.2, 0.25) is 0 Å². The number of hydrogen-bond donors (Lipinski definition) is 2. The van der Waals surface area contributed by atoms with Gasteiger partial charge in [-0.25, -0.2) is 0 Å². The van der Waals surface area contributed by atoms with E-state index >= 15 is 0 Å². The molecule has 0 aromatic heterocycles. The average molecular weight is 539 g/mol. The Labute approximate surface area is 183 Å². The van der Waals surface area contributed by atoms with Crippen molar-refractivity contribution in [2.75, 3.05) is 18.5 Å². The van der Waals surface area contributed by atoms with Crippen molar-refractivity contribution in [2.45, 2.75) is 68.0 Å². The zero-order chi connectivity index (χ0) is 25.8. The molecule has 0 saturated heterocycles. The summed E-state index contributed by atoms with van der Waals surface area (Å²) in [4.78, 5) is 11.5. The predicted octanol–water partition coefficient (Wildman–Crippen LogP) is 4.37. The molecule has 0 unspecified atom stereocenters. The summed E-state index contributed by atoms with van der Waals surface area (Å²) in [6, 6.07) is 0. The van der Waals surface area contributed by atoms with Crippen molar-refractivity contribution in [3.8, 4) is 0 Å². The summed E-state index contributed by atoms with van der Waals surface area (Å²) in [5.74, 6) is -1.66. The number of nitrogens with one attached hydrogen (secondary N) is 1. The van der Waals surface area contributed by atoms with Gasteiger partial charge in [0.1, 0.15) is 0 Å². The van der Waals surface area contributed by atoms with Gasteiger partial charge < -0.3 is 0 Å². The molecule has 0 spiro atoms. The number of aliphatic carboxylic acids is 1. The van der Waals surface area contributed by atoms with Crippen molar-refractivity contribution in [1.29, 1.82) is 5.41 Å². The van der Waals surface area contributed by atoms with Crippen LogP contribution in [0.15, 0.2) is 0 Å². The zero-order valence-electron chi connectivity index (χ0n) is 17.7. The van der Waals surface area contributed by atoms with Crippen molar-refractivity contribution in [2.24, 2.45) is 0 Å². The van der Waals surface area contributed by atoms with Crippen LogP contribution in [-0.4, -0.2) is 66.9 Å². The zero-order valence-corrected chi connectivity index (χ0v) is 20.4. The monoisotopic (exact) mass is 539 g/mol. The summed E-state index contributed by atoms with van der Waals surface area (Å²) in [5.41, 5.74) is -14.6. The number of carboxylic acids is 1. The molecule has 0 amide bonds. The van der Waals surface area contributed by atoms with Crippen LogP contribution in [0.2, 0.25) is 0 Å². The number of carbonyl (C=O) groups is 1. The van der Waals surface area contributed by atoms with E-state index in [0.29, 0.717) is 19.8 Å². The molecule has 0 fully saturated rings. The number of carboxylic acid groups (broad SMARTS) is 1. The number of hydrogen-bond acceptors (Lipinski definition) is 6. The normalized spacial score (nSPS) is 14.9. The first-order valence-corrected chi connectivity index (χ1v) is 15.3. The molecule has 7 nitrogen and oxygen atoms in total. The summed E-state index contributed by atoms with van der Waals surface area (Å²) >= 11 is 0. The summed E-state index contributed by atoms with van der Waals surface area (Å²) in [6.45, 7) is 3.69. The van der Waals surface area contributed by atoms with E-state index in [2.05, 4.69) is 0 Å². The van der Waals surface area contributed by atoms with Crippen LogP contribution >= 0.6 is 7.26 Å². The van der Waals surface area contributed by atoms with E-state index in [9.17, 15) is 53.1 Å². The Hall–Kier alpha value is -0.950. The molecule has 16 heteroatoms. The van der Waals surface area contributed by atoms with Crippen LogP contribution in [0.3, 0.4) is 0 Å². The van der Waals surface area contributed by atoms with Gasteiger partial charge in [0.05, 0.1) is 0 Å². The van der Waals surface area contributed by atoms with Gasteiger partial charge >= 0.3 is 183 Å². The van der Waals surface area contributed by atoms with E-state index in [1.807, 2.05) is 0 Å². The molecule has 0 bridgehead atoms. The van der Waals surface area contributed by atoms with Gasteiger partial charge in [0, 0.05) is 0 Å². The van der Waals surface area contributed by atoms with Crippen LogP contribution in [-0.2, 0) is 24.5 Å². The van der Waals surface area contributed by atoms with Gasteiger partial charge in [-0.1, -0.05) is 0 Å². The molecule has 0 aliphatic heterocycles. The summed E-state index contributed by atoms with van der Waals surface area (Å²) < 4.78 is 126. The van der Waals surface area contributed by atoms with E-state index in [0.717, 1.165) is 0 Å². The molecule has 0 aliphatic rings. The van der Waals surface area contributed by atoms with Crippen molar-refractivity contribution < 1.29 is 53.1 Å². The fourth-order valence-electron chi connectivity index (χ4n) is 3.71. The second kappa shape index (κ2) is 10.5. The first-order valence-electron chi connectivity index (χ1n) is 9.68. The molecule has 0 rings (SSSR count). The van der Waals surface area contributed by atoms with Gasteiger partial charge in [0.15, 0.2) is 0 Å². The second-order valence-corrected chi connectivity index (χ2v) is 16.4. The van der Waals surface area contributed by atoms with Crippen LogP contribution in [0, 0.1) is 5.41 Å². The van der Waals surface area contributed by atoms with Crippen LogP contribution in [0.25, 0.3) is 0 Å². The molecule has 0 radical (unpaired) electrons. The molecule has 32 heavy (non-hydrogen) atoms. The third kappa shape index (κ3) is 5.40. The van der Waals surface area contributed by atoms with Crippen molar-refractivity contribution in [3.63, 3.8) is 0 Å². The molecule has 0 aromatic rings. The van der Waals surface area contributed by atoms with Crippen LogP contribution < -0.4 is 0 Å². The SMILES string of the molecule is CCCC[PH](CCCC)(CC(=O)O)C(=N)C(CC)(S(=O)(=O)C(F)(F)F)S(=O)(=O)C(F)(F)F. The first kappa shape index (κ1) is 31.0. The fraction of sp³-hybridized carbons (Fsp3) is 0.875. The fourth-order valence-corrected chi connectivity index (χ4v) is 14.5. The molecule has 0 aliphatic carbocycles. The average Bonchev–Trinajstić information content (AvgIpc) is 2.62. The Morgan fingerprint density at radius 2 is 1.19 bits per heavy atom. The number of alkyl halides is 6. The number of unbranched alkanes of at least 4 members (excludes halogenated alkanes) is 2. The third-order valence-electron chi connectivity index (χ3n) is 5.36. The Bertz CT molecular complexity index is 847. The molecular formula is C16H28F6NO6PS2. The molecular weight excluding hydrogens is 511 g/mol. The van der Waals surface area contributed by atoms with E-state index in [4.69, 9.17) is 5.41 Å². The predicted molar refractivity (Wildman–Crippen MR) is 111 cm³/mol. The molecule has 192 valence electrons. The van der Waals surface area contributed by atoms with E-state index in [1.54, 1.807) is 13.8 Å². The Kier molecular flexibility index (Phi) is 10.2. The van der Waals surface area contributed by atoms with E-state index < -0.39 is 66.0 Å². The summed E-state index contributed by atoms with van der Waals surface area (Å²) in [7, 11) is -18.6. The topological polar surface area (TPSA) is 129 Å². The standard InChI is InChI=1S/C16H28F6NO6PS2/c1-4-7-9-30(10-8-5-2,11-12(24)25)13(23)14(6-3,31(26,27)15(17,18)19)32(28,29)16(20,21)22/h23,30H,4-11H2,1-3H3,(H,24,25). The van der Waals surface area contributed by atoms with Crippen LogP contribution in [0.5, 0.6) is 0 Å². The maximum atomic E-state index is 13.5. The van der Waals surface area contributed by atoms with E-state index in [-0.39, 0.29) is 25.2 Å². The molecule has 0 saturated carbocycles. The quantitative estimate of drug-likeness (QED) is 0.203. The maximum absolute atomic E-state index is 13.5. The van der Waals surface area contributed by atoms with Gasteiger partial charge in [-0.05, 0) is 0 Å². The minimum absolute atomic E-state index is 0.0729. The molecule has 0 heterocycles. The van der Waals surface area contributed by atoms with Crippen molar-refractivity contribution in [1.82, 2.24) is 0 Å². The van der Waals surface area contributed by atoms with Gasteiger partial charge in [-0.15, -0.1) is 0 Å². The number of halogens is 6. The molecule has 2 N–H and O–H groups in total. The van der Waals surface area contributed by atoms with Gasteiger partial charge in [0.25, 0.3) is 0 Å². The summed E-state index contributed by atoms with van der Waals surface area (Å²) in [6.07, 6.45) is -2.71. The third-order valence-corrected chi connectivity index (χ3v) is 16.1. The molecule has 0 atom stereocenters. The van der Waals surface area contributed by atoms with Crippen LogP contribution in [0.1, 0.15) is 52.9 Å². The van der Waals surface area contributed by atoms with E-state index in [1.165, 1.54) is 0 Å². The minimum atomic E-state index is -7.15.